The van der Waals surface area contributed by atoms with Crippen molar-refractivity contribution in [2.75, 3.05) is 0 Å². The molecular weight excluding hydrogens is 697 g/mol. The van der Waals surface area contributed by atoms with Crippen LogP contribution in [0.5, 0.6) is 0 Å². The predicted molar refractivity (Wildman–Crippen MR) is 230 cm³/mol. The van der Waals surface area contributed by atoms with E-state index in [4.69, 9.17) is 19.4 Å². The third-order valence-corrected chi connectivity index (χ3v) is 10.4. The second-order valence-corrected chi connectivity index (χ2v) is 13.9. The smallest absolute Gasteiger partial charge is 0.164 e. The summed E-state index contributed by atoms with van der Waals surface area (Å²) in [6, 6.07) is 68.1. The first-order chi connectivity index (χ1) is 28.2. The molecule has 2 aromatic heterocycles. The molecule has 0 bridgehead atoms. The zero-order chi connectivity index (χ0) is 38.1. The van der Waals surface area contributed by atoms with Crippen LogP contribution in [-0.2, 0) is 0 Å². The van der Waals surface area contributed by atoms with Gasteiger partial charge < -0.3 is 4.42 Å². The lowest BCUT2D eigenvalue weighted by molar-refractivity contribution is 0.671. The highest BCUT2D eigenvalue weighted by atomic mass is 16.3. The lowest BCUT2D eigenvalue weighted by atomic mass is 9.91. The van der Waals surface area contributed by atoms with Crippen molar-refractivity contribution in [3.8, 4) is 84.7 Å². The Balaban J connectivity index is 1.23. The van der Waals surface area contributed by atoms with Gasteiger partial charge >= 0.3 is 0 Å². The van der Waals surface area contributed by atoms with Gasteiger partial charge in [-0.2, -0.15) is 5.26 Å². The standard InChI is InChI=1S/C52H32N4O/c53-33-34-24-26-37(27-25-34)44-29-28-43(47-46-32-42(35-14-5-1-6-15-35)31-45(48(46)57-49(44)47)36-16-7-2-8-17-36)40-22-13-23-41(30-40)52-55-50(38-18-9-3-10-19-38)54-51(56-52)39-20-11-4-12-21-39/h1-32H. The Morgan fingerprint density at radius 2 is 0.842 bits per heavy atom. The van der Waals surface area contributed by atoms with E-state index in [1.807, 2.05) is 97.1 Å². The second-order valence-electron chi connectivity index (χ2n) is 13.9. The van der Waals surface area contributed by atoms with E-state index < -0.39 is 0 Å². The van der Waals surface area contributed by atoms with Crippen molar-refractivity contribution in [3.05, 3.63) is 200 Å². The van der Waals surface area contributed by atoms with Gasteiger partial charge in [0.15, 0.2) is 17.5 Å². The molecule has 0 unspecified atom stereocenters. The molecule has 0 N–H and O–H groups in total. The number of rotatable bonds is 7. The lowest BCUT2D eigenvalue weighted by Gasteiger charge is -2.12. The maximum atomic E-state index is 9.56. The van der Waals surface area contributed by atoms with E-state index >= 15 is 0 Å². The van der Waals surface area contributed by atoms with Crippen molar-refractivity contribution >= 4 is 21.9 Å². The van der Waals surface area contributed by atoms with E-state index in [0.717, 1.165) is 83.1 Å². The van der Waals surface area contributed by atoms with Gasteiger partial charge in [0.25, 0.3) is 0 Å². The van der Waals surface area contributed by atoms with Gasteiger partial charge in [-0.3, -0.25) is 0 Å². The third kappa shape index (κ3) is 6.32. The molecule has 0 saturated carbocycles. The molecule has 0 spiro atoms. The maximum absolute atomic E-state index is 9.56. The number of nitrogens with zero attached hydrogens (tertiary/aromatic N) is 4. The predicted octanol–water partition coefficient (Wildman–Crippen LogP) is 13.3. The molecule has 0 fully saturated rings. The summed E-state index contributed by atoms with van der Waals surface area (Å²) in [7, 11) is 0. The van der Waals surface area contributed by atoms with E-state index in [0.29, 0.717) is 23.0 Å². The molecule has 0 aliphatic heterocycles. The summed E-state index contributed by atoms with van der Waals surface area (Å²) in [6.07, 6.45) is 0. The van der Waals surface area contributed by atoms with E-state index in [2.05, 4.69) is 103 Å². The summed E-state index contributed by atoms with van der Waals surface area (Å²) < 4.78 is 7.08. The molecule has 0 radical (unpaired) electrons. The number of aromatic nitrogens is 3. The van der Waals surface area contributed by atoms with Crippen LogP contribution < -0.4 is 0 Å². The second kappa shape index (κ2) is 14.4. The van der Waals surface area contributed by atoms with Crippen molar-refractivity contribution in [1.29, 1.82) is 5.26 Å². The topological polar surface area (TPSA) is 75.6 Å². The number of hydrogen-bond donors (Lipinski definition) is 0. The van der Waals surface area contributed by atoms with Gasteiger partial charge in [-0.1, -0.05) is 158 Å². The Labute approximate surface area is 329 Å². The molecule has 0 aliphatic carbocycles. The largest absolute Gasteiger partial charge is 0.455 e. The van der Waals surface area contributed by atoms with E-state index in [-0.39, 0.29) is 0 Å². The molecule has 8 aromatic carbocycles. The maximum Gasteiger partial charge on any atom is 0.164 e. The highest BCUT2D eigenvalue weighted by Gasteiger charge is 2.22. The van der Waals surface area contributed by atoms with Gasteiger partial charge in [-0.25, -0.2) is 15.0 Å². The Hall–Kier alpha value is -7.94. The molecule has 10 rings (SSSR count). The first-order valence-electron chi connectivity index (χ1n) is 18.8. The Morgan fingerprint density at radius 1 is 0.351 bits per heavy atom. The molecule has 5 nitrogen and oxygen atoms in total. The van der Waals surface area contributed by atoms with Gasteiger partial charge in [0.05, 0.1) is 11.6 Å². The average molecular weight is 729 g/mol. The Bertz CT molecular complexity index is 3040. The first kappa shape index (κ1) is 33.6. The molecule has 0 aliphatic rings. The van der Waals surface area contributed by atoms with Gasteiger partial charge in [0.2, 0.25) is 0 Å². The lowest BCUT2D eigenvalue weighted by Crippen LogP contribution is -2.00. The van der Waals surface area contributed by atoms with Crippen LogP contribution in [0, 0.1) is 11.3 Å². The van der Waals surface area contributed by atoms with Gasteiger partial charge in [0.1, 0.15) is 11.2 Å². The third-order valence-electron chi connectivity index (χ3n) is 10.4. The minimum Gasteiger partial charge on any atom is -0.455 e. The minimum absolute atomic E-state index is 0.588. The van der Waals surface area contributed by atoms with Crippen LogP contribution in [0.1, 0.15) is 5.56 Å². The van der Waals surface area contributed by atoms with Crippen molar-refractivity contribution in [1.82, 2.24) is 15.0 Å². The molecule has 0 amide bonds. The van der Waals surface area contributed by atoms with Gasteiger partial charge in [-0.05, 0) is 69.8 Å². The van der Waals surface area contributed by atoms with Crippen LogP contribution in [0.25, 0.3) is 101 Å². The summed E-state index contributed by atoms with van der Waals surface area (Å²) in [6.45, 7) is 0. The van der Waals surface area contributed by atoms with Crippen molar-refractivity contribution in [2.24, 2.45) is 0 Å². The van der Waals surface area contributed by atoms with Crippen LogP contribution in [0.15, 0.2) is 199 Å². The highest BCUT2D eigenvalue weighted by molar-refractivity contribution is 6.19. The van der Waals surface area contributed by atoms with Crippen LogP contribution in [0.4, 0.5) is 0 Å². The molecule has 10 aromatic rings. The van der Waals surface area contributed by atoms with Crippen LogP contribution in [0.3, 0.4) is 0 Å². The number of benzene rings is 8. The summed E-state index contributed by atoms with van der Waals surface area (Å²) in [5, 5.41) is 11.6. The van der Waals surface area contributed by atoms with Crippen molar-refractivity contribution in [3.63, 3.8) is 0 Å². The molecule has 0 saturated heterocycles. The molecule has 57 heavy (non-hydrogen) atoms. The van der Waals surface area contributed by atoms with Crippen LogP contribution in [-0.4, -0.2) is 15.0 Å². The van der Waals surface area contributed by atoms with Gasteiger partial charge in [-0.15, -0.1) is 0 Å². The summed E-state index contributed by atoms with van der Waals surface area (Å²) >= 11 is 0. The highest BCUT2D eigenvalue weighted by Crippen LogP contribution is 2.46. The summed E-state index contributed by atoms with van der Waals surface area (Å²) in [4.78, 5) is 15.0. The number of nitriles is 1. The fraction of sp³-hybridized carbons (Fsp3) is 0. The molecular formula is C52H32N4O. The van der Waals surface area contributed by atoms with Crippen molar-refractivity contribution in [2.45, 2.75) is 0 Å². The van der Waals surface area contributed by atoms with Crippen LogP contribution >= 0.6 is 0 Å². The van der Waals surface area contributed by atoms with E-state index in [9.17, 15) is 5.26 Å². The number of fused-ring (bicyclic) bond motifs is 3. The van der Waals surface area contributed by atoms with Gasteiger partial charge in [0, 0.05) is 38.6 Å². The fourth-order valence-electron chi connectivity index (χ4n) is 7.57. The SMILES string of the molecule is N#Cc1ccc(-c2ccc(-c3cccc(-c4nc(-c5ccccc5)nc(-c5ccccc5)n4)c3)c3c2oc2c(-c4ccccc4)cc(-c4ccccc4)cc23)cc1. The van der Waals surface area contributed by atoms with Crippen LogP contribution in [0.2, 0.25) is 0 Å². The summed E-state index contributed by atoms with van der Waals surface area (Å²) in [5.74, 6) is 1.81. The monoisotopic (exact) mass is 728 g/mol. The zero-order valence-electron chi connectivity index (χ0n) is 30.7. The fourth-order valence-corrected chi connectivity index (χ4v) is 7.57. The average Bonchev–Trinajstić information content (AvgIpc) is 3.69. The molecule has 266 valence electrons. The van der Waals surface area contributed by atoms with Crippen molar-refractivity contribution < 1.29 is 4.42 Å². The normalized spacial score (nSPS) is 11.1. The van der Waals surface area contributed by atoms with E-state index in [1.165, 1.54) is 0 Å². The quantitative estimate of drug-likeness (QED) is 0.163. The first-order valence-corrected chi connectivity index (χ1v) is 18.8. The molecule has 5 heteroatoms. The number of hydrogen-bond acceptors (Lipinski definition) is 5. The van der Waals surface area contributed by atoms with E-state index in [1.54, 1.807) is 0 Å². The Kier molecular flexibility index (Phi) is 8.48. The zero-order valence-corrected chi connectivity index (χ0v) is 30.7. The molecule has 0 atom stereocenters. The summed E-state index contributed by atoms with van der Waals surface area (Å²) in [5.41, 5.74) is 13.1. The minimum atomic E-state index is 0.588. The molecule has 2 heterocycles. The number of furan rings is 1. The Morgan fingerprint density at radius 3 is 1.44 bits per heavy atom.